The summed E-state index contributed by atoms with van der Waals surface area (Å²) in [7, 11) is 0. The number of aryl methyl sites for hydroxylation is 1. The monoisotopic (exact) mass is 261 g/mol. The van der Waals surface area contributed by atoms with E-state index in [-0.39, 0.29) is 0 Å². The van der Waals surface area contributed by atoms with E-state index in [1.54, 1.807) is 6.20 Å². The fourth-order valence-corrected chi connectivity index (χ4v) is 2.52. The van der Waals surface area contributed by atoms with Gasteiger partial charge in [-0.15, -0.1) is 10.2 Å². The van der Waals surface area contributed by atoms with Gasteiger partial charge in [-0.1, -0.05) is 12.8 Å². The van der Waals surface area contributed by atoms with E-state index in [1.807, 2.05) is 17.5 Å². The van der Waals surface area contributed by atoms with Crippen molar-refractivity contribution in [2.45, 2.75) is 38.7 Å². The van der Waals surface area contributed by atoms with Crippen molar-refractivity contribution in [2.75, 3.05) is 18.5 Å². The number of aromatic nitrogens is 4. The summed E-state index contributed by atoms with van der Waals surface area (Å²) in [4.78, 5) is 4.30. The van der Waals surface area contributed by atoms with Gasteiger partial charge in [0.15, 0.2) is 5.82 Å². The van der Waals surface area contributed by atoms with Crippen molar-refractivity contribution < 1.29 is 4.74 Å². The van der Waals surface area contributed by atoms with Crippen molar-refractivity contribution in [3.63, 3.8) is 0 Å². The van der Waals surface area contributed by atoms with Gasteiger partial charge in [-0.25, -0.2) is 4.98 Å². The average Bonchev–Trinajstić information content (AvgIpc) is 3.06. The molecule has 1 aliphatic rings. The molecular formula is C13H19N5O. The molecule has 0 spiro atoms. The van der Waals surface area contributed by atoms with Crippen LogP contribution in [0, 0.1) is 6.92 Å². The molecule has 0 saturated heterocycles. The van der Waals surface area contributed by atoms with E-state index < -0.39 is 0 Å². The SMILES string of the molecule is Cc1nnc2c(NCCOC3CCCC3)nccn12. The van der Waals surface area contributed by atoms with Crippen LogP contribution in [0.4, 0.5) is 5.82 Å². The molecule has 2 heterocycles. The molecule has 0 bridgehead atoms. The zero-order valence-electron chi connectivity index (χ0n) is 11.2. The fraction of sp³-hybridized carbons (Fsp3) is 0.615. The number of hydrogen-bond acceptors (Lipinski definition) is 5. The van der Waals surface area contributed by atoms with E-state index >= 15 is 0 Å². The molecule has 3 rings (SSSR count). The second-order valence-electron chi connectivity index (χ2n) is 4.92. The second-order valence-corrected chi connectivity index (χ2v) is 4.92. The molecule has 6 heteroatoms. The van der Waals surface area contributed by atoms with Gasteiger partial charge in [0, 0.05) is 18.9 Å². The van der Waals surface area contributed by atoms with Gasteiger partial charge in [-0.05, 0) is 19.8 Å². The molecule has 1 N–H and O–H groups in total. The molecule has 0 unspecified atom stereocenters. The number of ether oxygens (including phenoxy) is 1. The number of fused-ring (bicyclic) bond motifs is 1. The van der Waals surface area contributed by atoms with Crippen LogP contribution >= 0.6 is 0 Å². The van der Waals surface area contributed by atoms with Crippen molar-refractivity contribution in [1.29, 1.82) is 0 Å². The molecule has 2 aromatic heterocycles. The van der Waals surface area contributed by atoms with E-state index in [0.717, 1.165) is 23.8 Å². The van der Waals surface area contributed by atoms with Gasteiger partial charge in [0.05, 0.1) is 12.7 Å². The van der Waals surface area contributed by atoms with E-state index in [0.29, 0.717) is 12.7 Å². The Labute approximate surface area is 112 Å². The quantitative estimate of drug-likeness (QED) is 0.831. The Kier molecular flexibility index (Phi) is 3.59. The lowest BCUT2D eigenvalue weighted by Gasteiger charge is -2.11. The Bertz CT molecular complexity index is 547. The predicted octanol–water partition coefficient (Wildman–Crippen LogP) is 1.80. The molecule has 1 fully saturated rings. The molecule has 102 valence electrons. The molecule has 6 nitrogen and oxygen atoms in total. The van der Waals surface area contributed by atoms with E-state index in [4.69, 9.17) is 4.74 Å². The summed E-state index contributed by atoms with van der Waals surface area (Å²) >= 11 is 0. The topological polar surface area (TPSA) is 64.3 Å². The summed E-state index contributed by atoms with van der Waals surface area (Å²) in [6, 6.07) is 0. The summed E-state index contributed by atoms with van der Waals surface area (Å²) in [5.41, 5.74) is 0.765. The van der Waals surface area contributed by atoms with Gasteiger partial charge in [-0.3, -0.25) is 4.40 Å². The summed E-state index contributed by atoms with van der Waals surface area (Å²) in [6.45, 7) is 3.38. The lowest BCUT2D eigenvalue weighted by atomic mass is 10.3. The first-order valence-corrected chi connectivity index (χ1v) is 6.86. The molecule has 0 aromatic carbocycles. The van der Waals surface area contributed by atoms with Gasteiger partial charge >= 0.3 is 0 Å². The number of rotatable bonds is 5. The number of anilines is 1. The van der Waals surface area contributed by atoms with Crippen LogP contribution in [0.25, 0.3) is 5.65 Å². The Morgan fingerprint density at radius 2 is 2.21 bits per heavy atom. The summed E-state index contributed by atoms with van der Waals surface area (Å²) in [6.07, 6.45) is 9.10. The highest BCUT2D eigenvalue weighted by Gasteiger charge is 2.14. The van der Waals surface area contributed by atoms with Crippen molar-refractivity contribution in [3.05, 3.63) is 18.2 Å². The molecule has 0 amide bonds. The Balaban J connectivity index is 1.56. The highest BCUT2D eigenvalue weighted by atomic mass is 16.5. The van der Waals surface area contributed by atoms with Gasteiger partial charge in [0.25, 0.3) is 0 Å². The molecular weight excluding hydrogens is 242 g/mol. The Hall–Kier alpha value is -1.69. The molecule has 1 saturated carbocycles. The third kappa shape index (κ3) is 2.68. The molecule has 0 aliphatic heterocycles. The normalized spacial score (nSPS) is 16.3. The van der Waals surface area contributed by atoms with Crippen LogP contribution in [0.5, 0.6) is 0 Å². The summed E-state index contributed by atoms with van der Waals surface area (Å²) < 4.78 is 7.73. The number of nitrogens with one attached hydrogen (secondary N) is 1. The maximum absolute atomic E-state index is 5.81. The number of nitrogens with zero attached hydrogens (tertiary/aromatic N) is 4. The van der Waals surface area contributed by atoms with Gasteiger partial charge in [-0.2, -0.15) is 0 Å². The lowest BCUT2D eigenvalue weighted by molar-refractivity contribution is 0.0659. The Morgan fingerprint density at radius 3 is 3.05 bits per heavy atom. The second kappa shape index (κ2) is 5.52. The standard InChI is InChI=1S/C13H19N5O/c1-10-16-17-13-12(14-6-8-18(10)13)15-7-9-19-11-4-2-3-5-11/h6,8,11H,2-5,7,9H2,1H3,(H,14,15). The molecule has 1 aliphatic carbocycles. The average molecular weight is 261 g/mol. The summed E-state index contributed by atoms with van der Waals surface area (Å²) in [5, 5.41) is 11.4. The highest BCUT2D eigenvalue weighted by Crippen LogP contribution is 2.20. The molecule has 2 aromatic rings. The first-order valence-electron chi connectivity index (χ1n) is 6.86. The first-order chi connectivity index (χ1) is 9.34. The van der Waals surface area contributed by atoms with Crippen LogP contribution in [0.3, 0.4) is 0 Å². The third-order valence-corrected chi connectivity index (χ3v) is 3.55. The maximum Gasteiger partial charge on any atom is 0.203 e. The molecule has 19 heavy (non-hydrogen) atoms. The van der Waals surface area contributed by atoms with Crippen LogP contribution < -0.4 is 5.32 Å². The zero-order valence-corrected chi connectivity index (χ0v) is 11.2. The number of hydrogen-bond donors (Lipinski definition) is 1. The van der Waals surface area contributed by atoms with Crippen LogP contribution in [-0.2, 0) is 4.74 Å². The predicted molar refractivity (Wildman–Crippen MR) is 72.2 cm³/mol. The van der Waals surface area contributed by atoms with Crippen LogP contribution in [0.1, 0.15) is 31.5 Å². The minimum absolute atomic E-state index is 0.459. The molecule has 0 radical (unpaired) electrons. The molecule has 0 atom stereocenters. The fourth-order valence-electron chi connectivity index (χ4n) is 2.52. The van der Waals surface area contributed by atoms with Gasteiger partial charge < -0.3 is 10.1 Å². The van der Waals surface area contributed by atoms with Gasteiger partial charge in [0.2, 0.25) is 5.65 Å². The van der Waals surface area contributed by atoms with Crippen molar-refractivity contribution in [2.24, 2.45) is 0 Å². The van der Waals surface area contributed by atoms with E-state index in [1.165, 1.54) is 25.7 Å². The van der Waals surface area contributed by atoms with E-state index in [9.17, 15) is 0 Å². The largest absolute Gasteiger partial charge is 0.376 e. The van der Waals surface area contributed by atoms with Crippen LogP contribution in [0.2, 0.25) is 0 Å². The van der Waals surface area contributed by atoms with Crippen LogP contribution in [0.15, 0.2) is 12.4 Å². The maximum atomic E-state index is 5.81. The third-order valence-electron chi connectivity index (χ3n) is 3.55. The lowest BCUT2D eigenvalue weighted by Crippen LogP contribution is -2.16. The highest BCUT2D eigenvalue weighted by molar-refractivity contribution is 5.61. The van der Waals surface area contributed by atoms with Crippen molar-refractivity contribution in [1.82, 2.24) is 19.6 Å². The first kappa shape index (κ1) is 12.3. The van der Waals surface area contributed by atoms with E-state index in [2.05, 4.69) is 20.5 Å². The Morgan fingerprint density at radius 1 is 1.37 bits per heavy atom. The smallest absolute Gasteiger partial charge is 0.203 e. The zero-order chi connectivity index (χ0) is 13.1. The minimum atomic E-state index is 0.459. The van der Waals surface area contributed by atoms with Crippen molar-refractivity contribution >= 4 is 11.5 Å². The van der Waals surface area contributed by atoms with Crippen molar-refractivity contribution in [3.8, 4) is 0 Å². The summed E-state index contributed by atoms with van der Waals surface area (Å²) in [5.74, 6) is 1.63. The van der Waals surface area contributed by atoms with Gasteiger partial charge in [0.1, 0.15) is 5.82 Å². The minimum Gasteiger partial charge on any atom is -0.376 e. The van der Waals surface area contributed by atoms with Crippen LogP contribution in [-0.4, -0.2) is 38.8 Å².